The normalized spacial score (nSPS) is 10.9. The van der Waals surface area contributed by atoms with Gasteiger partial charge in [0.05, 0.1) is 22.3 Å². The van der Waals surface area contributed by atoms with Gasteiger partial charge in [0.1, 0.15) is 16.5 Å². The standard InChI is InChI=1S/C20H13Cl3FN5O/c21-14-6-3-12(7-15(14)22)17-8-18(27-26-17)20(30)25-19-16(23)10-29(28-19)9-11-1-4-13(24)5-2-11/h1-8,10H,9H2,(H,26,27)(H,25,28,30). The van der Waals surface area contributed by atoms with Crippen LogP contribution in [0.15, 0.2) is 54.7 Å². The molecule has 4 aromatic rings. The Morgan fingerprint density at radius 3 is 2.53 bits per heavy atom. The lowest BCUT2D eigenvalue weighted by Crippen LogP contribution is -2.13. The van der Waals surface area contributed by atoms with Crippen LogP contribution < -0.4 is 5.32 Å². The topological polar surface area (TPSA) is 75.6 Å². The molecule has 0 aliphatic carbocycles. The summed E-state index contributed by atoms with van der Waals surface area (Å²) < 4.78 is 14.6. The highest BCUT2D eigenvalue weighted by Gasteiger charge is 2.16. The molecule has 0 saturated carbocycles. The SMILES string of the molecule is O=C(Nc1nn(Cc2ccc(F)cc2)cc1Cl)c1cc(-c2ccc(Cl)c(Cl)c2)n[nH]1. The van der Waals surface area contributed by atoms with E-state index in [0.717, 1.165) is 5.56 Å². The fourth-order valence-electron chi connectivity index (χ4n) is 2.76. The molecule has 0 atom stereocenters. The number of hydrogen-bond acceptors (Lipinski definition) is 3. The molecular formula is C20H13Cl3FN5O. The van der Waals surface area contributed by atoms with E-state index in [-0.39, 0.29) is 22.4 Å². The second kappa shape index (κ2) is 8.47. The maximum absolute atomic E-state index is 13.0. The van der Waals surface area contributed by atoms with Gasteiger partial charge in [0.25, 0.3) is 5.91 Å². The molecule has 6 nitrogen and oxygen atoms in total. The highest BCUT2D eigenvalue weighted by Crippen LogP contribution is 2.28. The van der Waals surface area contributed by atoms with Crippen molar-refractivity contribution in [2.45, 2.75) is 6.54 Å². The number of anilines is 1. The van der Waals surface area contributed by atoms with Crippen LogP contribution in [0, 0.1) is 5.82 Å². The van der Waals surface area contributed by atoms with Crippen molar-refractivity contribution in [1.82, 2.24) is 20.0 Å². The van der Waals surface area contributed by atoms with E-state index in [2.05, 4.69) is 20.6 Å². The minimum atomic E-state index is -0.456. The minimum Gasteiger partial charge on any atom is -0.302 e. The number of carbonyl (C=O) groups is 1. The lowest BCUT2D eigenvalue weighted by Gasteiger charge is -2.02. The second-order valence-corrected chi connectivity index (χ2v) is 7.62. The number of benzene rings is 2. The Kier molecular flexibility index (Phi) is 5.76. The fraction of sp³-hybridized carbons (Fsp3) is 0.0500. The van der Waals surface area contributed by atoms with Crippen LogP contribution in [0.3, 0.4) is 0 Å². The summed E-state index contributed by atoms with van der Waals surface area (Å²) in [5, 5.41) is 14.8. The number of amides is 1. The van der Waals surface area contributed by atoms with Crippen molar-refractivity contribution in [3.8, 4) is 11.3 Å². The number of aromatic nitrogens is 4. The van der Waals surface area contributed by atoms with Crippen molar-refractivity contribution >= 4 is 46.5 Å². The maximum atomic E-state index is 13.0. The van der Waals surface area contributed by atoms with Crippen LogP contribution in [-0.4, -0.2) is 25.9 Å². The summed E-state index contributed by atoms with van der Waals surface area (Å²) in [6.45, 7) is 0.376. The summed E-state index contributed by atoms with van der Waals surface area (Å²) >= 11 is 18.1. The van der Waals surface area contributed by atoms with E-state index in [1.807, 2.05) is 0 Å². The van der Waals surface area contributed by atoms with Crippen LogP contribution in [0.4, 0.5) is 10.2 Å². The molecular weight excluding hydrogens is 452 g/mol. The highest BCUT2D eigenvalue weighted by molar-refractivity contribution is 6.42. The maximum Gasteiger partial charge on any atom is 0.274 e. The van der Waals surface area contributed by atoms with Gasteiger partial charge in [-0.05, 0) is 35.9 Å². The molecule has 2 heterocycles. The van der Waals surface area contributed by atoms with Crippen LogP contribution in [0.1, 0.15) is 16.1 Å². The van der Waals surface area contributed by atoms with Crippen molar-refractivity contribution in [1.29, 1.82) is 0 Å². The molecule has 2 aromatic heterocycles. The number of H-pyrrole nitrogens is 1. The lowest BCUT2D eigenvalue weighted by atomic mass is 10.1. The number of carbonyl (C=O) groups excluding carboxylic acids is 1. The molecule has 2 aromatic carbocycles. The molecule has 0 aliphatic rings. The van der Waals surface area contributed by atoms with Crippen molar-refractivity contribution in [2.24, 2.45) is 0 Å². The molecule has 0 spiro atoms. The number of nitrogens with zero attached hydrogens (tertiary/aromatic N) is 3. The van der Waals surface area contributed by atoms with Gasteiger partial charge in [0.15, 0.2) is 5.82 Å². The van der Waals surface area contributed by atoms with Gasteiger partial charge in [-0.3, -0.25) is 14.6 Å². The van der Waals surface area contributed by atoms with E-state index in [1.165, 1.54) is 12.1 Å². The largest absolute Gasteiger partial charge is 0.302 e. The smallest absolute Gasteiger partial charge is 0.274 e. The Morgan fingerprint density at radius 1 is 1.03 bits per heavy atom. The zero-order chi connectivity index (χ0) is 21.3. The summed E-state index contributed by atoms with van der Waals surface area (Å²) in [5.74, 6) is -0.567. The van der Waals surface area contributed by atoms with Crippen molar-refractivity contribution in [3.05, 3.63) is 86.9 Å². The molecule has 2 N–H and O–H groups in total. The molecule has 0 saturated heterocycles. The van der Waals surface area contributed by atoms with E-state index in [4.69, 9.17) is 34.8 Å². The molecule has 0 radical (unpaired) electrons. The molecule has 4 rings (SSSR count). The average molecular weight is 465 g/mol. The zero-order valence-corrected chi connectivity index (χ0v) is 17.4. The first-order valence-corrected chi connectivity index (χ1v) is 9.82. The number of aromatic amines is 1. The summed E-state index contributed by atoms with van der Waals surface area (Å²) in [4.78, 5) is 12.6. The molecule has 0 unspecified atom stereocenters. The predicted octanol–water partition coefficient (Wildman–Crippen LogP) is 5.67. The molecule has 30 heavy (non-hydrogen) atoms. The molecule has 0 fully saturated rings. The van der Waals surface area contributed by atoms with Gasteiger partial charge in [-0.1, -0.05) is 53.0 Å². The Hall–Kier alpha value is -2.87. The zero-order valence-electron chi connectivity index (χ0n) is 15.2. The van der Waals surface area contributed by atoms with Gasteiger partial charge in [-0.25, -0.2) is 4.39 Å². The van der Waals surface area contributed by atoms with Crippen molar-refractivity contribution < 1.29 is 9.18 Å². The van der Waals surface area contributed by atoms with Gasteiger partial charge in [-0.2, -0.15) is 10.2 Å². The van der Waals surface area contributed by atoms with E-state index in [9.17, 15) is 9.18 Å². The Labute approximate surface area is 185 Å². The molecule has 152 valence electrons. The third kappa shape index (κ3) is 4.48. The monoisotopic (exact) mass is 463 g/mol. The van der Waals surface area contributed by atoms with E-state index < -0.39 is 5.91 Å². The van der Waals surface area contributed by atoms with Gasteiger partial charge in [-0.15, -0.1) is 0 Å². The van der Waals surface area contributed by atoms with Crippen LogP contribution in [0.2, 0.25) is 15.1 Å². The third-order valence-corrected chi connectivity index (χ3v) is 5.26. The quantitative estimate of drug-likeness (QED) is 0.399. The fourth-order valence-corrected chi connectivity index (χ4v) is 3.25. The van der Waals surface area contributed by atoms with E-state index in [0.29, 0.717) is 27.8 Å². The predicted molar refractivity (Wildman–Crippen MR) is 115 cm³/mol. The van der Waals surface area contributed by atoms with Gasteiger partial charge in [0, 0.05) is 11.8 Å². The van der Waals surface area contributed by atoms with Crippen molar-refractivity contribution in [2.75, 3.05) is 5.32 Å². The third-order valence-electron chi connectivity index (χ3n) is 4.24. The van der Waals surface area contributed by atoms with Gasteiger partial charge < -0.3 is 5.32 Å². The van der Waals surface area contributed by atoms with Crippen molar-refractivity contribution in [3.63, 3.8) is 0 Å². The van der Waals surface area contributed by atoms with Crippen LogP contribution in [-0.2, 0) is 6.54 Å². The Balaban J connectivity index is 1.47. The summed E-state index contributed by atoms with van der Waals surface area (Å²) in [5.41, 5.74) is 2.31. The lowest BCUT2D eigenvalue weighted by molar-refractivity contribution is 0.102. The molecule has 0 bridgehead atoms. The van der Waals surface area contributed by atoms with Gasteiger partial charge in [0.2, 0.25) is 0 Å². The second-order valence-electron chi connectivity index (χ2n) is 6.40. The number of rotatable bonds is 5. The summed E-state index contributed by atoms with van der Waals surface area (Å²) in [7, 11) is 0. The number of hydrogen-bond donors (Lipinski definition) is 2. The molecule has 1 amide bonds. The summed E-state index contributed by atoms with van der Waals surface area (Å²) in [6.07, 6.45) is 1.58. The molecule has 0 aliphatic heterocycles. The van der Waals surface area contributed by atoms with Crippen LogP contribution in [0.25, 0.3) is 11.3 Å². The van der Waals surface area contributed by atoms with E-state index in [1.54, 1.807) is 47.3 Å². The highest BCUT2D eigenvalue weighted by atomic mass is 35.5. The molecule has 10 heteroatoms. The Morgan fingerprint density at radius 2 is 1.80 bits per heavy atom. The Bertz CT molecular complexity index is 1220. The first-order valence-electron chi connectivity index (χ1n) is 8.68. The summed E-state index contributed by atoms with van der Waals surface area (Å²) in [6, 6.07) is 12.7. The van der Waals surface area contributed by atoms with Crippen LogP contribution in [0.5, 0.6) is 0 Å². The number of halogens is 4. The van der Waals surface area contributed by atoms with Gasteiger partial charge >= 0.3 is 0 Å². The minimum absolute atomic E-state index is 0.203. The first kappa shape index (κ1) is 20.4. The average Bonchev–Trinajstić information content (AvgIpc) is 3.33. The number of nitrogens with one attached hydrogen (secondary N) is 2. The van der Waals surface area contributed by atoms with E-state index >= 15 is 0 Å². The first-order chi connectivity index (χ1) is 14.4. The van der Waals surface area contributed by atoms with Crippen LogP contribution >= 0.6 is 34.8 Å².